The van der Waals surface area contributed by atoms with Crippen LogP contribution in [-0.2, 0) is 14.3 Å². The number of carbonyl (C=O) groups is 2. The van der Waals surface area contributed by atoms with E-state index in [9.17, 15) is 14.0 Å². The molecule has 1 fully saturated rings. The number of ether oxygens (including phenoxy) is 1. The van der Waals surface area contributed by atoms with Gasteiger partial charge in [-0.3, -0.25) is 9.59 Å². The smallest absolute Gasteiger partial charge is 0.228 e. The fourth-order valence-corrected chi connectivity index (χ4v) is 3.09. The molecule has 0 aromatic heterocycles. The molecule has 118 valence electrons. The first kappa shape index (κ1) is 15.0. The van der Waals surface area contributed by atoms with Gasteiger partial charge in [-0.2, -0.15) is 0 Å². The molecular formula is C16H19FN2O3. The monoisotopic (exact) mass is 306 g/mol. The fraction of sp³-hybridized carbons (Fsp3) is 0.500. The maximum atomic E-state index is 13.3. The highest BCUT2D eigenvalue weighted by atomic mass is 19.1. The number of amides is 2. The van der Waals surface area contributed by atoms with E-state index >= 15 is 0 Å². The minimum atomic E-state index is -0.590. The maximum Gasteiger partial charge on any atom is 0.228 e. The molecule has 2 heterocycles. The van der Waals surface area contributed by atoms with E-state index in [1.54, 1.807) is 6.07 Å². The second kappa shape index (κ2) is 6.04. The zero-order chi connectivity index (χ0) is 15.7. The van der Waals surface area contributed by atoms with Gasteiger partial charge in [-0.1, -0.05) is 6.07 Å². The maximum absolute atomic E-state index is 13.3. The Balaban J connectivity index is 1.76. The molecule has 2 N–H and O–H groups in total. The molecule has 0 radical (unpaired) electrons. The fourth-order valence-electron chi connectivity index (χ4n) is 3.09. The molecule has 3 atom stereocenters. The number of fused-ring (bicyclic) bond motifs is 1. The van der Waals surface area contributed by atoms with Crippen molar-refractivity contribution in [3.05, 3.63) is 29.6 Å². The van der Waals surface area contributed by atoms with Gasteiger partial charge in [-0.05, 0) is 37.5 Å². The van der Waals surface area contributed by atoms with E-state index in [1.807, 2.05) is 6.92 Å². The van der Waals surface area contributed by atoms with Crippen molar-refractivity contribution >= 4 is 17.5 Å². The van der Waals surface area contributed by atoms with Gasteiger partial charge in [0.05, 0.1) is 18.1 Å². The number of carbonyl (C=O) groups excluding carboxylic acids is 2. The largest absolute Gasteiger partial charge is 0.376 e. The summed E-state index contributed by atoms with van der Waals surface area (Å²) in [5, 5.41) is 5.54. The number of anilines is 1. The van der Waals surface area contributed by atoms with Gasteiger partial charge in [0.25, 0.3) is 0 Å². The summed E-state index contributed by atoms with van der Waals surface area (Å²) in [6, 6.07) is 4.00. The van der Waals surface area contributed by atoms with Crippen LogP contribution < -0.4 is 10.6 Å². The number of halogens is 1. The van der Waals surface area contributed by atoms with Gasteiger partial charge in [0.1, 0.15) is 5.82 Å². The zero-order valence-electron chi connectivity index (χ0n) is 12.4. The molecule has 2 aliphatic heterocycles. The predicted octanol–water partition coefficient (Wildman–Crippen LogP) is 1.94. The average Bonchev–Trinajstić information content (AvgIpc) is 3.00. The van der Waals surface area contributed by atoms with Gasteiger partial charge in [0.2, 0.25) is 11.8 Å². The molecule has 22 heavy (non-hydrogen) atoms. The number of nitrogens with one attached hydrogen (secondary N) is 2. The third kappa shape index (κ3) is 2.97. The van der Waals surface area contributed by atoms with Crippen LogP contribution >= 0.6 is 0 Å². The molecule has 1 aromatic rings. The van der Waals surface area contributed by atoms with E-state index in [0.29, 0.717) is 11.3 Å². The van der Waals surface area contributed by atoms with Crippen LogP contribution in [0.3, 0.4) is 0 Å². The topological polar surface area (TPSA) is 67.4 Å². The van der Waals surface area contributed by atoms with Crippen molar-refractivity contribution in [3.63, 3.8) is 0 Å². The Morgan fingerprint density at radius 1 is 1.50 bits per heavy atom. The lowest BCUT2D eigenvalue weighted by Crippen LogP contribution is -2.44. The molecule has 6 heteroatoms. The number of benzene rings is 1. The van der Waals surface area contributed by atoms with E-state index in [0.717, 1.165) is 19.4 Å². The van der Waals surface area contributed by atoms with Crippen LogP contribution in [0, 0.1) is 5.82 Å². The van der Waals surface area contributed by atoms with Gasteiger partial charge in [-0.25, -0.2) is 4.39 Å². The Labute approximate surface area is 128 Å². The van der Waals surface area contributed by atoms with Crippen molar-refractivity contribution in [1.82, 2.24) is 5.32 Å². The quantitative estimate of drug-likeness (QED) is 0.897. The predicted molar refractivity (Wildman–Crippen MR) is 79.0 cm³/mol. The number of hydrogen-bond acceptors (Lipinski definition) is 3. The summed E-state index contributed by atoms with van der Waals surface area (Å²) in [6.45, 7) is 2.63. The summed E-state index contributed by atoms with van der Waals surface area (Å²) in [7, 11) is 0. The number of rotatable bonds is 3. The van der Waals surface area contributed by atoms with Crippen molar-refractivity contribution in [2.24, 2.45) is 0 Å². The van der Waals surface area contributed by atoms with Crippen molar-refractivity contribution in [1.29, 1.82) is 0 Å². The van der Waals surface area contributed by atoms with Crippen molar-refractivity contribution in [3.8, 4) is 0 Å². The minimum absolute atomic E-state index is 0.0223. The van der Waals surface area contributed by atoms with Crippen molar-refractivity contribution in [2.75, 3.05) is 11.9 Å². The lowest BCUT2D eigenvalue weighted by Gasteiger charge is -2.27. The first-order chi connectivity index (χ1) is 10.5. The first-order valence-electron chi connectivity index (χ1n) is 7.56. The van der Waals surface area contributed by atoms with Crippen LogP contribution in [0.5, 0.6) is 0 Å². The normalized spacial score (nSPS) is 25.3. The molecule has 0 saturated carbocycles. The first-order valence-corrected chi connectivity index (χ1v) is 7.56. The van der Waals surface area contributed by atoms with E-state index in [-0.39, 0.29) is 30.4 Å². The Kier molecular flexibility index (Phi) is 4.11. The summed E-state index contributed by atoms with van der Waals surface area (Å²) in [4.78, 5) is 24.3. The third-order valence-corrected chi connectivity index (χ3v) is 4.26. The zero-order valence-corrected chi connectivity index (χ0v) is 12.4. The second-order valence-electron chi connectivity index (χ2n) is 5.89. The molecule has 5 nitrogen and oxygen atoms in total. The molecule has 0 aliphatic carbocycles. The molecule has 3 rings (SSSR count). The van der Waals surface area contributed by atoms with Crippen LogP contribution in [0.25, 0.3) is 0 Å². The second-order valence-corrected chi connectivity index (χ2v) is 5.89. The summed E-state index contributed by atoms with van der Waals surface area (Å²) in [6.07, 6.45) is 2.02. The summed E-state index contributed by atoms with van der Waals surface area (Å²) in [5.74, 6) is -1.52. The summed E-state index contributed by atoms with van der Waals surface area (Å²) < 4.78 is 18.9. The van der Waals surface area contributed by atoms with Crippen molar-refractivity contribution in [2.45, 2.75) is 44.2 Å². The lowest BCUT2D eigenvalue weighted by atomic mass is 9.89. The van der Waals surface area contributed by atoms with Crippen molar-refractivity contribution < 1.29 is 18.7 Å². The third-order valence-electron chi connectivity index (χ3n) is 4.26. The molecule has 3 unspecified atom stereocenters. The van der Waals surface area contributed by atoms with E-state index in [2.05, 4.69) is 10.6 Å². The van der Waals surface area contributed by atoms with Crippen LogP contribution in [0.1, 0.15) is 37.7 Å². The number of hydrogen-bond donors (Lipinski definition) is 2. The molecule has 2 aliphatic rings. The Morgan fingerprint density at radius 2 is 2.32 bits per heavy atom. The Morgan fingerprint density at radius 3 is 3.05 bits per heavy atom. The minimum Gasteiger partial charge on any atom is -0.376 e. The molecule has 0 bridgehead atoms. The SMILES string of the molecule is CC(NC(=O)C1CC(=O)Nc2cc(F)ccc21)C1CCCO1. The highest BCUT2D eigenvalue weighted by Gasteiger charge is 2.33. The highest BCUT2D eigenvalue weighted by Crippen LogP contribution is 2.33. The lowest BCUT2D eigenvalue weighted by molar-refractivity contribution is -0.127. The van der Waals surface area contributed by atoms with E-state index < -0.39 is 11.7 Å². The van der Waals surface area contributed by atoms with Crippen LogP contribution in [0.2, 0.25) is 0 Å². The Hall–Kier alpha value is -1.95. The molecular weight excluding hydrogens is 287 g/mol. The molecule has 0 spiro atoms. The Bertz CT molecular complexity index is 599. The van der Waals surface area contributed by atoms with Gasteiger partial charge < -0.3 is 15.4 Å². The van der Waals surface area contributed by atoms with Gasteiger partial charge in [-0.15, -0.1) is 0 Å². The van der Waals surface area contributed by atoms with Crippen LogP contribution in [-0.4, -0.2) is 30.6 Å². The van der Waals surface area contributed by atoms with E-state index in [1.165, 1.54) is 12.1 Å². The summed E-state index contributed by atoms with van der Waals surface area (Å²) in [5.41, 5.74) is 1.03. The van der Waals surface area contributed by atoms with Crippen LogP contribution in [0.4, 0.5) is 10.1 Å². The molecule has 1 saturated heterocycles. The van der Waals surface area contributed by atoms with Gasteiger partial charge in [0, 0.05) is 18.7 Å². The van der Waals surface area contributed by atoms with Gasteiger partial charge >= 0.3 is 0 Å². The highest BCUT2D eigenvalue weighted by molar-refractivity contribution is 6.01. The average molecular weight is 306 g/mol. The standard InChI is InChI=1S/C16H19FN2O3/c1-9(14-3-2-6-22-14)18-16(21)12-8-15(20)19-13-7-10(17)4-5-11(12)13/h4-5,7,9,12,14H,2-3,6,8H2,1H3,(H,18,21)(H,19,20). The van der Waals surface area contributed by atoms with Gasteiger partial charge in [0.15, 0.2) is 0 Å². The summed E-state index contributed by atoms with van der Waals surface area (Å²) >= 11 is 0. The van der Waals surface area contributed by atoms with Crippen LogP contribution in [0.15, 0.2) is 18.2 Å². The van der Waals surface area contributed by atoms with E-state index in [4.69, 9.17) is 4.74 Å². The molecule has 1 aromatic carbocycles. The molecule has 2 amide bonds.